The Balaban J connectivity index is 2.04. The topological polar surface area (TPSA) is 45.2 Å². The van der Waals surface area contributed by atoms with Crippen molar-refractivity contribution in [2.24, 2.45) is 0 Å². The predicted octanol–water partition coefficient (Wildman–Crippen LogP) is 1.51. The monoisotopic (exact) mass is 259 g/mol. The van der Waals surface area contributed by atoms with Crippen LogP contribution in [-0.4, -0.2) is 34.9 Å². The molecule has 1 aromatic heterocycles. The van der Waals surface area contributed by atoms with Gasteiger partial charge < -0.3 is 5.32 Å². The number of amides is 1. The number of carbonyl (C=O) groups excluding carboxylic acids is 1. The van der Waals surface area contributed by atoms with Gasteiger partial charge in [-0.3, -0.25) is 9.69 Å². The van der Waals surface area contributed by atoms with Crippen LogP contribution in [0.2, 0.25) is 4.47 Å². The lowest BCUT2D eigenvalue weighted by Gasteiger charge is -2.33. The van der Waals surface area contributed by atoms with Crippen molar-refractivity contribution in [3.8, 4) is 0 Å². The maximum atomic E-state index is 11.6. The number of hydrogen-bond acceptors (Lipinski definition) is 4. The number of piperazine rings is 1. The number of rotatable bonds is 3. The van der Waals surface area contributed by atoms with Crippen molar-refractivity contribution in [1.29, 1.82) is 0 Å². The van der Waals surface area contributed by atoms with Gasteiger partial charge in [0.15, 0.2) is 4.47 Å². The zero-order valence-electron chi connectivity index (χ0n) is 9.07. The Kier molecular flexibility index (Phi) is 3.78. The molecule has 1 aliphatic rings. The lowest BCUT2D eigenvalue weighted by molar-refractivity contribution is -0.129. The molecule has 4 nitrogen and oxygen atoms in total. The summed E-state index contributed by atoms with van der Waals surface area (Å²) in [5.41, 5.74) is 0. The second kappa shape index (κ2) is 5.12. The molecule has 0 aromatic carbocycles. The summed E-state index contributed by atoms with van der Waals surface area (Å²) in [5.74, 6) is 0.129. The van der Waals surface area contributed by atoms with Gasteiger partial charge in [0.2, 0.25) is 5.91 Å². The van der Waals surface area contributed by atoms with Gasteiger partial charge in [0.25, 0.3) is 0 Å². The molecule has 1 N–H and O–H groups in total. The minimum absolute atomic E-state index is 0.0189. The number of aromatic nitrogens is 1. The molecule has 6 heteroatoms. The van der Waals surface area contributed by atoms with Crippen LogP contribution in [0, 0.1) is 0 Å². The molecule has 0 saturated carbocycles. The maximum absolute atomic E-state index is 11.6. The smallest absolute Gasteiger partial charge is 0.237 e. The van der Waals surface area contributed by atoms with Crippen LogP contribution in [0.1, 0.15) is 18.2 Å². The van der Waals surface area contributed by atoms with Crippen LogP contribution in [0.5, 0.6) is 0 Å². The summed E-state index contributed by atoms with van der Waals surface area (Å²) in [5, 5.41) is 2.89. The summed E-state index contributed by atoms with van der Waals surface area (Å²) in [4.78, 5) is 18.9. The van der Waals surface area contributed by atoms with Crippen molar-refractivity contribution in [1.82, 2.24) is 15.2 Å². The molecular formula is C10H14ClN3OS. The first kappa shape index (κ1) is 11.8. The second-order valence-electron chi connectivity index (χ2n) is 3.77. The van der Waals surface area contributed by atoms with Crippen LogP contribution in [-0.2, 0) is 11.3 Å². The summed E-state index contributed by atoms with van der Waals surface area (Å²) >= 11 is 7.26. The van der Waals surface area contributed by atoms with Crippen LogP contribution in [0.3, 0.4) is 0 Å². The van der Waals surface area contributed by atoms with E-state index in [9.17, 15) is 4.79 Å². The molecule has 0 radical (unpaired) electrons. The standard InChI is InChI=1S/C10H14ClN3OS/c1-2-8-9(15)12-3-4-14(8)6-7-5-13-10(11)16-7/h5,8H,2-4,6H2,1H3,(H,12,15). The molecule has 88 valence electrons. The second-order valence-corrected chi connectivity index (χ2v) is 5.46. The molecule has 0 aliphatic carbocycles. The van der Waals surface area contributed by atoms with E-state index in [-0.39, 0.29) is 11.9 Å². The van der Waals surface area contributed by atoms with Crippen molar-refractivity contribution in [3.63, 3.8) is 0 Å². The normalized spacial score (nSPS) is 22.1. The van der Waals surface area contributed by atoms with Crippen LogP contribution < -0.4 is 5.32 Å². The minimum atomic E-state index is -0.0189. The fourth-order valence-corrected chi connectivity index (χ4v) is 2.96. The molecule has 2 rings (SSSR count). The van der Waals surface area contributed by atoms with Gasteiger partial charge in [-0.15, -0.1) is 11.3 Å². The number of halogens is 1. The lowest BCUT2D eigenvalue weighted by atomic mass is 10.1. The average molecular weight is 260 g/mol. The fraction of sp³-hybridized carbons (Fsp3) is 0.600. The Hall–Kier alpha value is -0.650. The summed E-state index contributed by atoms with van der Waals surface area (Å²) in [6, 6.07) is -0.0189. The maximum Gasteiger partial charge on any atom is 0.237 e. The molecule has 2 heterocycles. The van der Waals surface area contributed by atoms with E-state index in [2.05, 4.69) is 15.2 Å². The van der Waals surface area contributed by atoms with Crippen LogP contribution in [0.25, 0.3) is 0 Å². The SMILES string of the molecule is CCC1C(=O)NCCN1Cc1cnc(Cl)s1. The van der Waals surface area contributed by atoms with Crippen molar-refractivity contribution in [2.75, 3.05) is 13.1 Å². The zero-order valence-corrected chi connectivity index (χ0v) is 10.6. The zero-order chi connectivity index (χ0) is 11.5. The molecule has 1 aromatic rings. The largest absolute Gasteiger partial charge is 0.353 e. The van der Waals surface area contributed by atoms with Crippen LogP contribution >= 0.6 is 22.9 Å². The van der Waals surface area contributed by atoms with E-state index >= 15 is 0 Å². The molecule has 0 spiro atoms. The first-order valence-electron chi connectivity index (χ1n) is 5.32. The van der Waals surface area contributed by atoms with E-state index in [1.54, 1.807) is 6.20 Å². The summed E-state index contributed by atoms with van der Waals surface area (Å²) in [6.07, 6.45) is 2.62. The minimum Gasteiger partial charge on any atom is -0.353 e. The van der Waals surface area contributed by atoms with Gasteiger partial charge in [0.05, 0.1) is 6.04 Å². The van der Waals surface area contributed by atoms with E-state index in [4.69, 9.17) is 11.6 Å². The summed E-state index contributed by atoms with van der Waals surface area (Å²) in [7, 11) is 0. The number of hydrogen-bond donors (Lipinski definition) is 1. The molecule has 0 bridgehead atoms. The van der Waals surface area contributed by atoms with E-state index in [0.29, 0.717) is 4.47 Å². The Labute approximate surface area is 104 Å². The quantitative estimate of drug-likeness (QED) is 0.895. The van der Waals surface area contributed by atoms with E-state index in [1.807, 2.05) is 6.92 Å². The molecule has 1 amide bonds. The Morgan fingerprint density at radius 2 is 2.56 bits per heavy atom. The third kappa shape index (κ3) is 2.53. The third-order valence-electron chi connectivity index (χ3n) is 2.71. The van der Waals surface area contributed by atoms with Gasteiger partial charge in [0.1, 0.15) is 0 Å². The van der Waals surface area contributed by atoms with Crippen LogP contribution in [0.4, 0.5) is 0 Å². The van der Waals surface area contributed by atoms with Crippen molar-refractivity contribution < 1.29 is 4.79 Å². The van der Waals surface area contributed by atoms with Gasteiger partial charge >= 0.3 is 0 Å². The lowest BCUT2D eigenvalue weighted by Crippen LogP contribution is -2.54. The van der Waals surface area contributed by atoms with Gasteiger partial charge in [-0.05, 0) is 6.42 Å². The van der Waals surface area contributed by atoms with Crippen molar-refractivity contribution >= 4 is 28.8 Å². The first-order valence-corrected chi connectivity index (χ1v) is 6.52. The third-order valence-corrected chi connectivity index (χ3v) is 3.81. The summed E-state index contributed by atoms with van der Waals surface area (Å²) in [6.45, 7) is 4.40. The molecule has 1 fully saturated rings. The average Bonchev–Trinajstić information content (AvgIpc) is 2.64. The van der Waals surface area contributed by atoms with E-state index in [1.165, 1.54) is 11.3 Å². The first-order chi connectivity index (χ1) is 7.70. The van der Waals surface area contributed by atoms with E-state index < -0.39 is 0 Å². The molecule has 1 unspecified atom stereocenters. The Morgan fingerprint density at radius 3 is 3.19 bits per heavy atom. The number of thiazole rings is 1. The predicted molar refractivity (Wildman–Crippen MR) is 64.6 cm³/mol. The van der Waals surface area contributed by atoms with Gasteiger partial charge in [-0.1, -0.05) is 18.5 Å². The van der Waals surface area contributed by atoms with Crippen molar-refractivity contribution in [2.45, 2.75) is 25.9 Å². The Morgan fingerprint density at radius 1 is 1.75 bits per heavy atom. The van der Waals surface area contributed by atoms with Gasteiger partial charge in [0, 0.05) is 30.7 Å². The van der Waals surface area contributed by atoms with Crippen LogP contribution in [0.15, 0.2) is 6.20 Å². The number of nitrogens with one attached hydrogen (secondary N) is 1. The van der Waals surface area contributed by atoms with E-state index in [0.717, 1.165) is 30.9 Å². The highest BCUT2D eigenvalue weighted by atomic mass is 35.5. The molecule has 1 aliphatic heterocycles. The number of carbonyl (C=O) groups is 1. The highest BCUT2D eigenvalue weighted by molar-refractivity contribution is 7.15. The fourth-order valence-electron chi connectivity index (χ4n) is 1.95. The summed E-state index contributed by atoms with van der Waals surface area (Å²) < 4.78 is 0.560. The van der Waals surface area contributed by atoms with Gasteiger partial charge in [-0.25, -0.2) is 4.98 Å². The Bertz CT molecular complexity index is 382. The highest BCUT2D eigenvalue weighted by Gasteiger charge is 2.28. The van der Waals surface area contributed by atoms with Crippen molar-refractivity contribution in [3.05, 3.63) is 15.5 Å². The molecular weight excluding hydrogens is 246 g/mol. The molecule has 1 atom stereocenters. The van der Waals surface area contributed by atoms with Gasteiger partial charge in [-0.2, -0.15) is 0 Å². The highest BCUT2D eigenvalue weighted by Crippen LogP contribution is 2.21. The number of nitrogens with zero attached hydrogens (tertiary/aromatic N) is 2. The molecule has 16 heavy (non-hydrogen) atoms. The molecule has 1 saturated heterocycles.